The Kier molecular flexibility index (Phi) is 4.67. The summed E-state index contributed by atoms with van der Waals surface area (Å²) in [6.45, 7) is 4.97. The van der Waals surface area contributed by atoms with E-state index in [1.165, 1.54) is 25.7 Å². The normalized spacial score (nSPS) is 30.4. The molecule has 1 saturated carbocycles. The molecule has 1 atom stereocenters. The number of sulfone groups is 1. The Balaban J connectivity index is 1.63. The topological polar surface area (TPSA) is 58.2 Å². The van der Waals surface area contributed by atoms with Gasteiger partial charge in [-0.3, -0.25) is 0 Å². The van der Waals surface area contributed by atoms with Gasteiger partial charge < -0.3 is 10.6 Å². The Bertz CT molecular complexity index is 361. The second kappa shape index (κ2) is 5.88. The Morgan fingerprint density at radius 2 is 2.06 bits per heavy atom. The van der Waals surface area contributed by atoms with Gasteiger partial charge in [0.1, 0.15) is 0 Å². The van der Waals surface area contributed by atoms with Gasteiger partial charge in [-0.1, -0.05) is 19.8 Å². The Hall–Kier alpha value is -0.130. The van der Waals surface area contributed by atoms with Crippen LogP contribution in [0.5, 0.6) is 0 Å². The molecule has 1 heterocycles. The third-order valence-corrected chi connectivity index (χ3v) is 6.07. The molecule has 0 radical (unpaired) electrons. The van der Waals surface area contributed by atoms with Crippen LogP contribution in [0.25, 0.3) is 0 Å². The van der Waals surface area contributed by atoms with E-state index in [0.717, 1.165) is 19.5 Å². The second-order valence-electron chi connectivity index (χ2n) is 6.25. The number of hydrogen-bond donors (Lipinski definition) is 2. The quantitative estimate of drug-likeness (QED) is 0.732. The lowest BCUT2D eigenvalue weighted by Gasteiger charge is -2.26. The first-order chi connectivity index (χ1) is 8.49. The standard InChI is InChI=1S/C13H26N2O2S/c1-13(5-2-3-6-13)11-14-7-4-12-10-18(16,17)9-8-15-12/h12,14-15H,2-11H2,1H3. The summed E-state index contributed by atoms with van der Waals surface area (Å²) >= 11 is 0. The van der Waals surface area contributed by atoms with Crippen molar-refractivity contribution >= 4 is 9.84 Å². The summed E-state index contributed by atoms with van der Waals surface area (Å²) in [4.78, 5) is 0. The van der Waals surface area contributed by atoms with Crippen LogP contribution < -0.4 is 10.6 Å². The molecule has 1 aliphatic heterocycles. The Morgan fingerprint density at radius 3 is 2.72 bits per heavy atom. The van der Waals surface area contributed by atoms with Gasteiger partial charge in [0.15, 0.2) is 9.84 Å². The van der Waals surface area contributed by atoms with Gasteiger partial charge in [0.25, 0.3) is 0 Å². The van der Waals surface area contributed by atoms with Crippen LogP contribution in [0.4, 0.5) is 0 Å². The van der Waals surface area contributed by atoms with Crippen LogP contribution >= 0.6 is 0 Å². The van der Waals surface area contributed by atoms with Crippen molar-refractivity contribution in [1.29, 1.82) is 0 Å². The van der Waals surface area contributed by atoms with Crippen molar-refractivity contribution in [2.24, 2.45) is 5.41 Å². The lowest BCUT2D eigenvalue weighted by atomic mass is 9.89. The highest BCUT2D eigenvalue weighted by atomic mass is 32.2. The largest absolute Gasteiger partial charge is 0.316 e. The minimum Gasteiger partial charge on any atom is -0.316 e. The summed E-state index contributed by atoms with van der Waals surface area (Å²) in [5.41, 5.74) is 0.478. The van der Waals surface area contributed by atoms with Gasteiger partial charge in [-0.05, 0) is 31.2 Å². The van der Waals surface area contributed by atoms with E-state index in [1.54, 1.807) is 0 Å². The van der Waals surface area contributed by atoms with Crippen LogP contribution in [-0.4, -0.2) is 45.6 Å². The summed E-state index contributed by atoms with van der Waals surface area (Å²) in [6, 6.07) is 0.146. The number of hydrogen-bond acceptors (Lipinski definition) is 4. The van der Waals surface area contributed by atoms with Crippen molar-refractivity contribution in [1.82, 2.24) is 10.6 Å². The SMILES string of the molecule is CC1(CNCCC2CS(=O)(=O)CCN2)CCCC1. The lowest BCUT2D eigenvalue weighted by molar-refractivity contribution is 0.312. The first-order valence-corrected chi connectivity index (χ1v) is 8.96. The lowest BCUT2D eigenvalue weighted by Crippen LogP contribution is -2.46. The molecule has 0 aromatic rings. The molecule has 0 amide bonds. The molecule has 2 rings (SSSR count). The van der Waals surface area contributed by atoms with Crippen molar-refractivity contribution in [2.75, 3.05) is 31.1 Å². The van der Waals surface area contributed by atoms with Crippen molar-refractivity contribution in [2.45, 2.75) is 45.1 Å². The Morgan fingerprint density at radius 1 is 1.33 bits per heavy atom. The molecule has 4 nitrogen and oxygen atoms in total. The van der Waals surface area contributed by atoms with Gasteiger partial charge in [-0.2, -0.15) is 0 Å². The highest BCUT2D eigenvalue weighted by Crippen LogP contribution is 2.36. The van der Waals surface area contributed by atoms with Crippen molar-refractivity contribution in [3.05, 3.63) is 0 Å². The molecule has 1 aliphatic carbocycles. The van der Waals surface area contributed by atoms with Gasteiger partial charge >= 0.3 is 0 Å². The molecular formula is C13H26N2O2S. The van der Waals surface area contributed by atoms with Crippen LogP contribution in [0.2, 0.25) is 0 Å². The maximum absolute atomic E-state index is 11.5. The van der Waals surface area contributed by atoms with E-state index in [0.29, 0.717) is 23.5 Å². The summed E-state index contributed by atoms with van der Waals surface area (Å²) in [6.07, 6.45) is 6.29. The molecule has 2 fully saturated rings. The average molecular weight is 274 g/mol. The molecule has 2 N–H and O–H groups in total. The third-order valence-electron chi connectivity index (χ3n) is 4.33. The van der Waals surface area contributed by atoms with E-state index < -0.39 is 9.84 Å². The van der Waals surface area contributed by atoms with Gasteiger partial charge in [0.2, 0.25) is 0 Å². The van der Waals surface area contributed by atoms with Crippen molar-refractivity contribution in [3.8, 4) is 0 Å². The monoisotopic (exact) mass is 274 g/mol. The highest BCUT2D eigenvalue weighted by Gasteiger charge is 2.28. The summed E-state index contributed by atoms with van der Waals surface area (Å²) in [5.74, 6) is 0.612. The minimum atomic E-state index is -2.79. The van der Waals surface area contributed by atoms with Gasteiger partial charge in [0.05, 0.1) is 11.5 Å². The predicted molar refractivity (Wildman–Crippen MR) is 74.5 cm³/mol. The van der Waals surface area contributed by atoms with E-state index in [1.807, 2.05) is 0 Å². The number of nitrogens with one attached hydrogen (secondary N) is 2. The first kappa shape index (κ1) is 14.3. The maximum atomic E-state index is 11.5. The van der Waals surface area contributed by atoms with Gasteiger partial charge in [0, 0.05) is 19.1 Å². The van der Waals surface area contributed by atoms with E-state index in [9.17, 15) is 8.42 Å². The highest BCUT2D eigenvalue weighted by molar-refractivity contribution is 7.91. The molecule has 5 heteroatoms. The first-order valence-electron chi connectivity index (χ1n) is 7.14. The van der Waals surface area contributed by atoms with E-state index in [-0.39, 0.29) is 6.04 Å². The molecule has 18 heavy (non-hydrogen) atoms. The maximum Gasteiger partial charge on any atom is 0.153 e. The zero-order chi connectivity index (χ0) is 13.1. The molecule has 106 valence electrons. The van der Waals surface area contributed by atoms with Crippen LogP contribution in [0.1, 0.15) is 39.0 Å². The molecule has 2 aliphatic rings. The fourth-order valence-corrected chi connectivity index (χ4v) is 4.62. The molecule has 0 spiro atoms. The van der Waals surface area contributed by atoms with Crippen LogP contribution in [0.15, 0.2) is 0 Å². The molecule has 1 unspecified atom stereocenters. The molecule has 0 bridgehead atoms. The summed E-state index contributed by atoms with van der Waals surface area (Å²) < 4.78 is 23.0. The fourth-order valence-electron chi connectivity index (χ4n) is 3.12. The number of rotatable bonds is 5. The smallest absolute Gasteiger partial charge is 0.153 e. The zero-order valence-electron chi connectivity index (χ0n) is 11.4. The summed E-state index contributed by atoms with van der Waals surface area (Å²) in [7, 11) is -2.79. The van der Waals surface area contributed by atoms with Crippen LogP contribution in [0, 0.1) is 5.41 Å². The van der Waals surface area contributed by atoms with Crippen LogP contribution in [-0.2, 0) is 9.84 Å². The molecule has 1 saturated heterocycles. The zero-order valence-corrected chi connectivity index (χ0v) is 12.2. The molecule has 0 aromatic carbocycles. The fraction of sp³-hybridized carbons (Fsp3) is 1.00. The Labute approximate surface area is 111 Å². The van der Waals surface area contributed by atoms with Gasteiger partial charge in [-0.15, -0.1) is 0 Å². The second-order valence-corrected chi connectivity index (χ2v) is 8.48. The molecule has 0 aromatic heterocycles. The van der Waals surface area contributed by atoms with E-state index in [2.05, 4.69) is 17.6 Å². The average Bonchev–Trinajstić information content (AvgIpc) is 2.71. The summed E-state index contributed by atoms with van der Waals surface area (Å²) in [5, 5.41) is 6.80. The third kappa shape index (κ3) is 4.21. The van der Waals surface area contributed by atoms with E-state index >= 15 is 0 Å². The predicted octanol–water partition coefficient (Wildman–Crippen LogP) is 0.933. The van der Waals surface area contributed by atoms with Crippen molar-refractivity contribution in [3.63, 3.8) is 0 Å². The van der Waals surface area contributed by atoms with Gasteiger partial charge in [-0.25, -0.2) is 8.42 Å². The van der Waals surface area contributed by atoms with Crippen LogP contribution in [0.3, 0.4) is 0 Å². The minimum absolute atomic E-state index is 0.146. The van der Waals surface area contributed by atoms with E-state index in [4.69, 9.17) is 0 Å². The van der Waals surface area contributed by atoms with Crippen molar-refractivity contribution < 1.29 is 8.42 Å². The molecular weight excluding hydrogens is 248 g/mol.